The number of carbonyl (C=O) groups excluding carboxylic acids is 4. The summed E-state index contributed by atoms with van der Waals surface area (Å²) in [6, 6.07) is 22.6. The largest absolute Gasteiger partial charge is 0.508 e. The van der Waals surface area contributed by atoms with Crippen LogP contribution in [0.15, 0.2) is 72.8 Å². The van der Waals surface area contributed by atoms with Crippen LogP contribution in [0.25, 0.3) is 21.5 Å². The van der Waals surface area contributed by atoms with Gasteiger partial charge in [-0.25, -0.2) is 0 Å². The number of phenolic OH excluding ortho intramolecular Hbond substituents is 1. The third-order valence-electron chi connectivity index (χ3n) is 8.95. The van der Waals surface area contributed by atoms with Crippen LogP contribution in [0.1, 0.15) is 66.8 Å². The zero-order valence-corrected chi connectivity index (χ0v) is 26.5. The minimum Gasteiger partial charge on any atom is -0.508 e. The highest BCUT2D eigenvalue weighted by atomic mass is 16.5. The Bertz CT molecular complexity index is 1620. The molecule has 2 heterocycles. The molecule has 6 rings (SSSR count). The summed E-state index contributed by atoms with van der Waals surface area (Å²) in [5, 5.41) is 13.5. The highest BCUT2D eigenvalue weighted by molar-refractivity contribution is 5.99. The number of fused-ring (bicyclic) bond motifs is 2. The van der Waals surface area contributed by atoms with Crippen LogP contribution in [-0.2, 0) is 19.1 Å². The van der Waals surface area contributed by atoms with Gasteiger partial charge in [0.05, 0.1) is 26.1 Å². The maximum atomic E-state index is 12.7. The van der Waals surface area contributed by atoms with Crippen molar-refractivity contribution in [3.05, 3.63) is 89.5 Å². The maximum Gasteiger partial charge on any atom is 0.308 e. The molecule has 0 atom stereocenters. The molecule has 2 fully saturated rings. The number of nitrogens with zero attached hydrogens (tertiary/aromatic N) is 2. The topological polar surface area (TPSA) is 113 Å². The Kier molecular flexibility index (Phi) is 13.1. The standard InChI is InChI=1S/C19H21NO3.C18H19NO4.2CH4/c1-13-3-4-16-12-17(6-5-15(16)11-13)18(21)20-9-7-14(8-10-20)19(22)23-2;1-23-18(22)12-6-8-19(9-7-12)17(21)15-3-2-14-11-16(20)5-4-13(14)10-15;;/h3-6,11-12,14H,7-10H2,1-2H3;2-5,10-12,20H,6-9H2,1H3;2*1H4. The third-order valence-corrected chi connectivity index (χ3v) is 8.95. The Morgan fingerprint density at radius 1 is 0.583 bits per heavy atom. The van der Waals surface area contributed by atoms with E-state index in [1.807, 2.05) is 41.3 Å². The Balaban J connectivity index is 0.000000250. The number of likely N-dealkylation sites (tertiary alicyclic amines) is 2. The molecule has 9 nitrogen and oxygen atoms in total. The molecule has 0 aromatic heterocycles. The molecule has 4 aromatic rings. The molecule has 0 unspecified atom stereocenters. The Morgan fingerprint density at radius 3 is 1.40 bits per heavy atom. The summed E-state index contributed by atoms with van der Waals surface area (Å²) in [5.41, 5.74) is 2.54. The number of aromatic hydroxyl groups is 1. The molecule has 9 heteroatoms. The number of amides is 2. The van der Waals surface area contributed by atoms with Gasteiger partial charge in [0, 0.05) is 37.3 Å². The molecule has 4 aromatic carbocycles. The summed E-state index contributed by atoms with van der Waals surface area (Å²) in [4.78, 5) is 52.0. The first-order chi connectivity index (χ1) is 22.2. The van der Waals surface area contributed by atoms with Gasteiger partial charge in [0.1, 0.15) is 5.75 Å². The average molecular weight is 657 g/mol. The van der Waals surface area contributed by atoms with E-state index < -0.39 is 0 Å². The van der Waals surface area contributed by atoms with E-state index in [2.05, 4.69) is 19.1 Å². The van der Waals surface area contributed by atoms with Crippen molar-refractivity contribution in [2.75, 3.05) is 40.4 Å². The molecule has 0 bridgehead atoms. The number of hydrogen-bond acceptors (Lipinski definition) is 7. The second-order valence-corrected chi connectivity index (χ2v) is 12.0. The molecule has 0 aliphatic carbocycles. The monoisotopic (exact) mass is 656 g/mol. The second-order valence-electron chi connectivity index (χ2n) is 12.0. The Hall–Kier alpha value is -4.92. The minimum atomic E-state index is -0.192. The van der Waals surface area contributed by atoms with Crippen molar-refractivity contribution in [3.8, 4) is 5.75 Å². The fraction of sp³-hybridized carbons (Fsp3) is 0.385. The number of benzene rings is 4. The van der Waals surface area contributed by atoms with Crippen molar-refractivity contribution in [2.24, 2.45) is 11.8 Å². The van der Waals surface area contributed by atoms with Gasteiger partial charge in [-0.1, -0.05) is 56.8 Å². The summed E-state index contributed by atoms with van der Waals surface area (Å²) in [6.45, 7) is 4.39. The van der Waals surface area contributed by atoms with Crippen LogP contribution < -0.4 is 0 Å². The lowest BCUT2D eigenvalue weighted by atomic mass is 9.96. The summed E-state index contributed by atoms with van der Waals surface area (Å²) in [7, 11) is 2.81. The van der Waals surface area contributed by atoms with Crippen molar-refractivity contribution in [2.45, 2.75) is 47.5 Å². The van der Waals surface area contributed by atoms with Crippen LogP contribution in [0.3, 0.4) is 0 Å². The Labute approximate surface area is 283 Å². The molecule has 0 saturated carbocycles. The summed E-state index contributed by atoms with van der Waals surface area (Å²) in [5.74, 6) is -0.325. The van der Waals surface area contributed by atoms with Gasteiger partial charge in [0.25, 0.3) is 11.8 Å². The van der Waals surface area contributed by atoms with Crippen LogP contribution in [0.5, 0.6) is 5.75 Å². The van der Waals surface area contributed by atoms with Crippen LogP contribution in [-0.4, -0.2) is 79.1 Å². The Morgan fingerprint density at radius 2 is 0.958 bits per heavy atom. The zero-order valence-electron chi connectivity index (χ0n) is 26.5. The summed E-state index contributed by atoms with van der Waals surface area (Å²) >= 11 is 0. The molecule has 0 radical (unpaired) electrons. The van der Waals surface area contributed by atoms with Crippen LogP contribution in [0.4, 0.5) is 0 Å². The first kappa shape index (κ1) is 37.5. The van der Waals surface area contributed by atoms with Gasteiger partial charge in [0.15, 0.2) is 0 Å². The van der Waals surface area contributed by atoms with E-state index in [4.69, 9.17) is 9.47 Å². The molecule has 256 valence electrons. The molecule has 0 spiro atoms. The van der Waals surface area contributed by atoms with E-state index >= 15 is 0 Å². The first-order valence-corrected chi connectivity index (χ1v) is 15.6. The molecular formula is C39H48N2O7. The van der Waals surface area contributed by atoms with E-state index in [0.717, 1.165) is 21.5 Å². The molecule has 2 aliphatic rings. The maximum absolute atomic E-state index is 12.7. The summed E-state index contributed by atoms with van der Waals surface area (Å²) < 4.78 is 9.55. The van der Waals surface area contributed by atoms with Gasteiger partial charge in [0.2, 0.25) is 0 Å². The number of piperidine rings is 2. The van der Waals surface area contributed by atoms with Gasteiger partial charge in [-0.3, -0.25) is 19.2 Å². The number of methoxy groups -OCH3 is 2. The van der Waals surface area contributed by atoms with E-state index in [1.165, 1.54) is 19.8 Å². The fourth-order valence-corrected chi connectivity index (χ4v) is 6.20. The smallest absolute Gasteiger partial charge is 0.308 e. The van der Waals surface area contributed by atoms with Crippen molar-refractivity contribution >= 4 is 45.3 Å². The number of phenols is 1. The molecule has 2 amide bonds. The third kappa shape index (κ3) is 8.70. The van der Waals surface area contributed by atoms with Crippen molar-refractivity contribution < 1.29 is 33.8 Å². The summed E-state index contributed by atoms with van der Waals surface area (Å²) in [6.07, 6.45) is 2.62. The van der Waals surface area contributed by atoms with Gasteiger partial charge >= 0.3 is 11.9 Å². The van der Waals surface area contributed by atoms with Gasteiger partial charge < -0.3 is 24.4 Å². The predicted octanol–water partition coefficient (Wildman–Crippen LogP) is 7.02. The number of esters is 2. The average Bonchev–Trinajstić information content (AvgIpc) is 3.10. The van der Waals surface area contributed by atoms with Gasteiger partial charge in [-0.05, 0) is 90.6 Å². The molecule has 1 N–H and O–H groups in total. The van der Waals surface area contributed by atoms with E-state index in [9.17, 15) is 24.3 Å². The number of rotatable bonds is 4. The van der Waals surface area contributed by atoms with Crippen molar-refractivity contribution in [3.63, 3.8) is 0 Å². The van der Waals surface area contributed by atoms with Gasteiger partial charge in [-0.2, -0.15) is 0 Å². The lowest BCUT2D eigenvalue weighted by molar-refractivity contribution is -0.147. The number of ether oxygens (including phenoxy) is 2. The van der Waals surface area contributed by atoms with Gasteiger partial charge in [-0.15, -0.1) is 0 Å². The lowest BCUT2D eigenvalue weighted by Gasteiger charge is -2.30. The van der Waals surface area contributed by atoms with E-state index in [0.29, 0.717) is 63.0 Å². The van der Waals surface area contributed by atoms with Crippen LogP contribution in [0, 0.1) is 18.8 Å². The molecular weight excluding hydrogens is 608 g/mol. The first-order valence-electron chi connectivity index (χ1n) is 15.6. The normalized spacial score (nSPS) is 15.0. The van der Waals surface area contributed by atoms with Crippen LogP contribution >= 0.6 is 0 Å². The molecule has 2 aliphatic heterocycles. The number of aryl methyl sites for hydroxylation is 1. The predicted molar refractivity (Wildman–Crippen MR) is 189 cm³/mol. The number of hydrogen-bond donors (Lipinski definition) is 1. The van der Waals surface area contributed by atoms with E-state index in [-0.39, 0.29) is 56.2 Å². The molecule has 48 heavy (non-hydrogen) atoms. The highest BCUT2D eigenvalue weighted by Crippen LogP contribution is 2.25. The number of carbonyl (C=O) groups is 4. The molecule has 2 saturated heterocycles. The second kappa shape index (κ2) is 16.8. The van der Waals surface area contributed by atoms with Crippen molar-refractivity contribution in [1.82, 2.24) is 9.80 Å². The zero-order chi connectivity index (χ0) is 32.8. The van der Waals surface area contributed by atoms with Crippen molar-refractivity contribution in [1.29, 1.82) is 0 Å². The lowest BCUT2D eigenvalue weighted by Crippen LogP contribution is -2.40. The highest BCUT2D eigenvalue weighted by Gasteiger charge is 2.29. The fourth-order valence-electron chi connectivity index (χ4n) is 6.20. The quantitative estimate of drug-likeness (QED) is 0.235. The minimum absolute atomic E-state index is 0. The van der Waals surface area contributed by atoms with E-state index in [1.54, 1.807) is 29.2 Å². The SMILES string of the molecule is C.C.COC(=O)C1CCN(C(=O)c2ccc3cc(C)ccc3c2)CC1.COC(=O)C1CCN(C(=O)c2ccc3cc(O)ccc3c2)CC1. The van der Waals surface area contributed by atoms with Crippen LogP contribution in [0.2, 0.25) is 0 Å².